The molecular formula is C36H52F2N5O5+. The maximum absolute atomic E-state index is 16.8. The lowest BCUT2D eigenvalue weighted by Gasteiger charge is -2.54. The van der Waals surface area contributed by atoms with Gasteiger partial charge in [-0.15, -0.1) is 0 Å². The Hall–Kier alpha value is -2.96. The summed E-state index contributed by atoms with van der Waals surface area (Å²) in [5.74, 6) is -3.14. The summed E-state index contributed by atoms with van der Waals surface area (Å²) in [5, 5.41) is 5.48. The van der Waals surface area contributed by atoms with Crippen LogP contribution in [0.15, 0.2) is 18.2 Å². The molecule has 48 heavy (non-hydrogen) atoms. The van der Waals surface area contributed by atoms with Gasteiger partial charge in [0.25, 0.3) is 11.8 Å². The Balaban J connectivity index is 1.45. The van der Waals surface area contributed by atoms with Gasteiger partial charge in [-0.05, 0) is 81.5 Å². The molecule has 3 aliphatic carbocycles. The van der Waals surface area contributed by atoms with E-state index < -0.39 is 57.9 Å². The van der Waals surface area contributed by atoms with Crippen LogP contribution in [0.2, 0.25) is 0 Å². The molecule has 264 valence electrons. The number of hydrogen-bond acceptors (Lipinski definition) is 6. The van der Waals surface area contributed by atoms with E-state index in [-0.39, 0.29) is 54.1 Å². The van der Waals surface area contributed by atoms with Gasteiger partial charge in [0, 0.05) is 51.5 Å². The average Bonchev–Trinajstić information content (AvgIpc) is 3.97. The van der Waals surface area contributed by atoms with Gasteiger partial charge in [0.2, 0.25) is 5.91 Å². The molecule has 0 spiro atoms. The Bertz CT molecular complexity index is 1430. The van der Waals surface area contributed by atoms with Crippen LogP contribution in [0, 0.1) is 23.6 Å². The Morgan fingerprint density at radius 1 is 1.10 bits per heavy atom. The zero-order chi connectivity index (χ0) is 34.7. The van der Waals surface area contributed by atoms with Gasteiger partial charge in [-0.1, -0.05) is 19.9 Å². The molecule has 0 aromatic heterocycles. The molecule has 5 aliphatic heterocycles. The van der Waals surface area contributed by atoms with Crippen molar-refractivity contribution in [2.24, 2.45) is 17.8 Å². The zero-order valence-corrected chi connectivity index (χ0v) is 29.1. The summed E-state index contributed by atoms with van der Waals surface area (Å²) in [6.07, 6.45) is 2.60. The predicted molar refractivity (Wildman–Crippen MR) is 176 cm³/mol. The van der Waals surface area contributed by atoms with Crippen molar-refractivity contribution in [3.05, 3.63) is 29.6 Å². The first kappa shape index (κ1) is 34.9. The lowest BCUT2D eigenvalue weighted by atomic mass is 9.72. The van der Waals surface area contributed by atoms with E-state index in [1.807, 2.05) is 20.9 Å². The lowest BCUT2D eigenvalue weighted by Crippen LogP contribution is -2.76. The number of alkyl halides is 1. The number of quaternary nitrogens is 1. The number of rotatable bonds is 7. The van der Waals surface area contributed by atoms with E-state index in [9.17, 15) is 19.2 Å². The highest BCUT2D eigenvalue weighted by molar-refractivity contribution is 5.99. The van der Waals surface area contributed by atoms with Crippen LogP contribution in [0.1, 0.15) is 77.2 Å². The Labute approximate surface area is 282 Å². The van der Waals surface area contributed by atoms with E-state index in [1.54, 1.807) is 24.9 Å². The molecule has 1 unspecified atom stereocenters. The number of ether oxygens (including phenoxy) is 1. The third-order valence-electron chi connectivity index (χ3n) is 12.3. The largest absolute Gasteiger partial charge is 0.367 e. The van der Waals surface area contributed by atoms with Crippen LogP contribution in [0.25, 0.3) is 0 Å². The van der Waals surface area contributed by atoms with E-state index in [0.29, 0.717) is 31.6 Å². The summed E-state index contributed by atoms with van der Waals surface area (Å²) >= 11 is 0. The average molecular weight is 673 g/mol. The molecule has 12 heteroatoms. The van der Waals surface area contributed by atoms with Gasteiger partial charge in [-0.25, -0.2) is 18.1 Å². The van der Waals surface area contributed by atoms with E-state index >= 15 is 8.78 Å². The summed E-state index contributed by atoms with van der Waals surface area (Å²) in [7, 11) is 5.10. The van der Waals surface area contributed by atoms with Crippen LogP contribution in [-0.2, 0) is 23.9 Å². The number of methoxy groups -OCH3 is 1. The normalized spacial score (nSPS) is 35.3. The number of likely N-dealkylation sites (N-methyl/N-ethyl adjacent to an activating group) is 2. The van der Waals surface area contributed by atoms with Gasteiger partial charge in [0.05, 0.1) is 12.7 Å². The maximum atomic E-state index is 16.8. The summed E-state index contributed by atoms with van der Waals surface area (Å²) in [5.41, 5.74) is -1.91. The first-order chi connectivity index (χ1) is 22.7. The van der Waals surface area contributed by atoms with E-state index in [2.05, 4.69) is 15.5 Å². The number of nitrogens with zero attached hydrogens (tertiary/aromatic N) is 3. The highest BCUT2D eigenvalue weighted by Gasteiger charge is 2.66. The molecule has 9 rings (SSSR count). The van der Waals surface area contributed by atoms with Crippen LogP contribution in [-0.4, -0.2) is 115 Å². The molecule has 5 heterocycles. The van der Waals surface area contributed by atoms with Crippen molar-refractivity contribution >= 4 is 29.3 Å². The number of carbonyl (C=O) groups excluding carboxylic acids is 4. The van der Waals surface area contributed by atoms with Gasteiger partial charge in [0.1, 0.15) is 17.9 Å². The van der Waals surface area contributed by atoms with Gasteiger partial charge < -0.3 is 25.2 Å². The zero-order valence-electron chi connectivity index (χ0n) is 29.1. The number of carbonyl (C=O) groups is 4. The van der Waals surface area contributed by atoms with Crippen molar-refractivity contribution in [3.8, 4) is 0 Å². The monoisotopic (exact) mass is 672 g/mol. The van der Waals surface area contributed by atoms with Crippen molar-refractivity contribution < 1.29 is 37.2 Å². The quantitative estimate of drug-likeness (QED) is 0.429. The minimum absolute atomic E-state index is 0.0517. The van der Waals surface area contributed by atoms with Crippen LogP contribution in [0.4, 0.5) is 14.5 Å². The number of anilines is 1. The molecule has 10 nitrogen and oxygen atoms in total. The minimum atomic E-state index is -2.34. The molecule has 6 atom stereocenters. The minimum Gasteiger partial charge on any atom is -0.367 e. The number of halogens is 2. The molecule has 2 N–H and O–H groups in total. The summed E-state index contributed by atoms with van der Waals surface area (Å²) in [4.78, 5) is 61.0. The Morgan fingerprint density at radius 2 is 1.75 bits per heavy atom. The van der Waals surface area contributed by atoms with Gasteiger partial charge in [-0.2, -0.15) is 0 Å². The van der Waals surface area contributed by atoms with Crippen LogP contribution < -0.4 is 10.6 Å². The number of benzene rings is 1. The van der Waals surface area contributed by atoms with Crippen molar-refractivity contribution in [1.82, 2.24) is 15.1 Å². The molecule has 4 fully saturated rings. The number of hydrogen-bond donors (Lipinski definition) is 2. The molecular weight excluding hydrogens is 620 g/mol. The first-order valence-electron chi connectivity index (χ1n) is 17.8. The molecule has 4 bridgehead atoms. The van der Waals surface area contributed by atoms with Crippen molar-refractivity contribution in [2.45, 2.75) is 108 Å². The molecule has 1 saturated heterocycles. The molecule has 3 saturated carbocycles. The maximum Gasteiger partial charge on any atom is 0.343 e. The molecule has 1 aromatic rings. The molecule has 4 amide bonds. The fraction of sp³-hybridized carbons (Fsp3) is 0.722. The standard InChI is InChI=1S/C36H51F2N5O5/c1-7-28(48-6)34(46)43(5)25-17-36(38,18-25)35(47)40-30(29(22-8-9-22)23-10-11-23)32(44)39-27-13-12-24(16-26(27)37)21(3)31(43)33(45)42-15-14-41(4)20(2)19-42/h12-13,16,20-23,25,28-31H,7-11,14-15,17-19H2,1-6H3,(H-,39,40,44,47)/p+1/t20-,21+,25?,28-,30+,31-,36?,43?/m1/s1. The number of piperazine rings is 1. The fourth-order valence-corrected chi connectivity index (χ4v) is 8.70. The third kappa shape index (κ3) is 6.17. The van der Waals surface area contributed by atoms with Crippen molar-refractivity contribution in [1.29, 1.82) is 0 Å². The Morgan fingerprint density at radius 3 is 2.29 bits per heavy atom. The SMILES string of the molecule is CC[C@@H](OC)C(=O)[N+]1(C)C2CC(F)(C2)C(=O)N[C@@H](C(C2CC2)C2CC2)C(=O)Nc2ccc(cc2F)[C@H](C)[C@@H]1C(=O)N1CCN(C)[C@H](C)C1. The second-order valence-corrected chi connectivity index (χ2v) is 15.4. The van der Waals surface area contributed by atoms with Crippen LogP contribution in [0.3, 0.4) is 0 Å². The van der Waals surface area contributed by atoms with Gasteiger partial charge in [0.15, 0.2) is 17.8 Å². The first-order valence-corrected chi connectivity index (χ1v) is 17.8. The van der Waals surface area contributed by atoms with Crippen molar-refractivity contribution in [2.75, 3.05) is 46.2 Å². The fourth-order valence-electron chi connectivity index (χ4n) is 8.70. The summed E-state index contributed by atoms with van der Waals surface area (Å²) in [6, 6.07) is 1.76. The van der Waals surface area contributed by atoms with E-state index in [0.717, 1.165) is 25.7 Å². The number of amides is 4. The van der Waals surface area contributed by atoms with Gasteiger partial charge >= 0.3 is 5.91 Å². The second-order valence-electron chi connectivity index (χ2n) is 15.4. The summed E-state index contributed by atoms with van der Waals surface area (Å²) in [6.45, 7) is 7.18. The smallest absolute Gasteiger partial charge is 0.343 e. The van der Waals surface area contributed by atoms with E-state index in [4.69, 9.17) is 4.74 Å². The molecule has 1 aromatic carbocycles. The highest BCUT2D eigenvalue weighted by atomic mass is 19.1. The van der Waals surface area contributed by atoms with Gasteiger partial charge in [-0.3, -0.25) is 14.4 Å². The Kier molecular flexibility index (Phi) is 9.49. The predicted octanol–water partition coefficient (Wildman–Crippen LogP) is 3.60. The molecule has 0 radical (unpaired) electrons. The summed E-state index contributed by atoms with van der Waals surface area (Å²) < 4.78 is 37.8. The van der Waals surface area contributed by atoms with Crippen molar-refractivity contribution in [3.63, 3.8) is 0 Å². The lowest BCUT2D eigenvalue weighted by molar-refractivity contribution is -0.887. The van der Waals surface area contributed by atoms with Crippen LogP contribution >= 0.6 is 0 Å². The number of nitrogens with one attached hydrogen (secondary N) is 2. The highest BCUT2D eigenvalue weighted by Crippen LogP contribution is 2.52. The van der Waals surface area contributed by atoms with Crippen LogP contribution in [0.5, 0.6) is 0 Å². The molecule has 8 aliphatic rings. The third-order valence-corrected chi connectivity index (χ3v) is 12.3. The topological polar surface area (TPSA) is 108 Å². The van der Waals surface area contributed by atoms with E-state index in [1.165, 1.54) is 19.2 Å². The second kappa shape index (κ2) is 13.1.